The van der Waals surface area contributed by atoms with E-state index in [0.29, 0.717) is 6.04 Å². The number of rotatable bonds is 4. The Morgan fingerprint density at radius 1 is 1.33 bits per heavy atom. The summed E-state index contributed by atoms with van der Waals surface area (Å²) in [6.07, 6.45) is 3.75. The van der Waals surface area contributed by atoms with Crippen LogP contribution in [0.2, 0.25) is 0 Å². The van der Waals surface area contributed by atoms with E-state index in [9.17, 15) is 0 Å². The second kappa shape index (κ2) is 6.54. The minimum Gasteiger partial charge on any atom is -0.497 e. The number of benzene rings is 1. The quantitative estimate of drug-likeness (QED) is 0.865. The van der Waals surface area contributed by atoms with Crippen molar-refractivity contribution in [2.75, 3.05) is 13.7 Å². The summed E-state index contributed by atoms with van der Waals surface area (Å²) in [5, 5.41) is 10.6. The molecule has 0 radical (unpaired) electrons. The number of nitrogens with zero attached hydrogens (tertiary/aromatic N) is 3. The molecule has 0 aliphatic carbocycles. The summed E-state index contributed by atoms with van der Waals surface area (Å²) in [5.74, 6) is 0.935. The van der Waals surface area contributed by atoms with E-state index < -0.39 is 0 Å². The first-order valence-corrected chi connectivity index (χ1v) is 8.25. The van der Waals surface area contributed by atoms with E-state index in [0.717, 1.165) is 28.9 Å². The lowest BCUT2D eigenvalue weighted by atomic mass is 9.95. The average Bonchev–Trinajstić information content (AvgIpc) is 2.93. The lowest BCUT2D eigenvalue weighted by Gasteiger charge is -2.35. The Morgan fingerprint density at radius 2 is 2.24 bits per heavy atom. The number of ether oxygens (including phenoxy) is 1. The second-order valence-corrected chi connectivity index (χ2v) is 6.74. The van der Waals surface area contributed by atoms with E-state index in [1.165, 1.54) is 24.8 Å². The zero-order valence-corrected chi connectivity index (χ0v) is 13.4. The molecule has 0 amide bonds. The first-order chi connectivity index (χ1) is 10.3. The molecule has 1 aliphatic rings. The number of likely N-dealkylation sites (tertiary alicyclic amines) is 1. The highest BCUT2D eigenvalue weighted by Crippen LogP contribution is 2.33. The summed E-state index contributed by atoms with van der Waals surface area (Å²) in [6, 6.07) is 8.91. The van der Waals surface area contributed by atoms with Crippen molar-refractivity contribution in [3.63, 3.8) is 0 Å². The molecule has 5 heteroatoms. The van der Waals surface area contributed by atoms with Gasteiger partial charge in [0, 0.05) is 6.04 Å². The maximum Gasteiger partial charge on any atom is 0.131 e. The van der Waals surface area contributed by atoms with Crippen LogP contribution in [-0.4, -0.2) is 28.8 Å². The van der Waals surface area contributed by atoms with Gasteiger partial charge in [-0.25, -0.2) is 0 Å². The van der Waals surface area contributed by atoms with Gasteiger partial charge in [0.15, 0.2) is 0 Å². The average molecular weight is 303 g/mol. The van der Waals surface area contributed by atoms with E-state index in [1.807, 2.05) is 13.0 Å². The fourth-order valence-corrected chi connectivity index (χ4v) is 3.72. The van der Waals surface area contributed by atoms with Crippen molar-refractivity contribution in [3.8, 4) is 5.75 Å². The van der Waals surface area contributed by atoms with E-state index in [4.69, 9.17) is 4.74 Å². The van der Waals surface area contributed by atoms with Crippen molar-refractivity contribution in [3.05, 3.63) is 39.8 Å². The molecule has 0 spiro atoms. The molecule has 1 saturated heterocycles. The minimum atomic E-state index is 0.457. The van der Waals surface area contributed by atoms with Gasteiger partial charge in [-0.3, -0.25) is 4.90 Å². The normalized spacial score (nSPS) is 19.6. The van der Waals surface area contributed by atoms with Crippen LogP contribution in [0.4, 0.5) is 0 Å². The highest BCUT2D eigenvalue weighted by molar-refractivity contribution is 7.11. The minimum absolute atomic E-state index is 0.457. The SMILES string of the molecule is COc1cccc([C@H]2CCCCN2Cc2nnc(C)s2)c1. The zero-order chi connectivity index (χ0) is 14.7. The standard InChI is InChI=1S/C16H21N3OS/c1-12-17-18-16(21-12)11-19-9-4-3-8-15(19)13-6-5-7-14(10-13)20-2/h5-7,10,15H,3-4,8-9,11H2,1-2H3/t15-/m1/s1. The van der Waals surface area contributed by atoms with Crippen molar-refractivity contribution < 1.29 is 4.74 Å². The fraction of sp³-hybridized carbons (Fsp3) is 0.500. The smallest absolute Gasteiger partial charge is 0.131 e. The molecule has 0 bridgehead atoms. The number of aromatic nitrogens is 2. The number of piperidine rings is 1. The second-order valence-electron chi connectivity index (χ2n) is 5.47. The monoisotopic (exact) mass is 303 g/mol. The van der Waals surface area contributed by atoms with Crippen LogP contribution in [0.5, 0.6) is 5.75 Å². The van der Waals surface area contributed by atoms with Gasteiger partial charge in [0.05, 0.1) is 13.7 Å². The Morgan fingerprint density at radius 3 is 3.00 bits per heavy atom. The first-order valence-electron chi connectivity index (χ1n) is 7.43. The number of hydrogen-bond donors (Lipinski definition) is 0. The molecule has 2 heterocycles. The van der Waals surface area contributed by atoms with Crippen LogP contribution in [0.15, 0.2) is 24.3 Å². The summed E-state index contributed by atoms with van der Waals surface area (Å²) >= 11 is 1.70. The predicted octanol–water partition coefficient (Wildman–Crippen LogP) is 3.58. The van der Waals surface area contributed by atoms with Crippen molar-refractivity contribution in [1.82, 2.24) is 15.1 Å². The highest BCUT2D eigenvalue weighted by Gasteiger charge is 2.25. The maximum atomic E-state index is 5.36. The highest BCUT2D eigenvalue weighted by atomic mass is 32.1. The van der Waals surface area contributed by atoms with Crippen molar-refractivity contribution >= 4 is 11.3 Å². The third-order valence-electron chi connectivity index (χ3n) is 4.00. The summed E-state index contributed by atoms with van der Waals surface area (Å²) in [4.78, 5) is 2.53. The Kier molecular flexibility index (Phi) is 4.51. The molecular weight excluding hydrogens is 282 g/mol. The van der Waals surface area contributed by atoms with E-state index in [1.54, 1.807) is 18.4 Å². The molecule has 112 valence electrons. The summed E-state index contributed by atoms with van der Waals surface area (Å²) in [5.41, 5.74) is 1.34. The third kappa shape index (κ3) is 3.41. The van der Waals surface area contributed by atoms with Gasteiger partial charge in [0.25, 0.3) is 0 Å². The number of hydrogen-bond acceptors (Lipinski definition) is 5. The molecule has 1 aromatic heterocycles. The largest absolute Gasteiger partial charge is 0.497 e. The van der Waals surface area contributed by atoms with Gasteiger partial charge in [-0.1, -0.05) is 18.6 Å². The van der Waals surface area contributed by atoms with Crippen LogP contribution in [-0.2, 0) is 6.54 Å². The van der Waals surface area contributed by atoms with Crippen LogP contribution >= 0.6 is 11.3 Å². The van der Waals surface area contributed by atoms with Gasteiger partial charge in [0.1, 0.15) is 15.8 Å². The molecule has 1 aromatic carbocycles. The fourth-order valence-electron chi connectivity index (χ4n) is 2.98. The first kappa shape index (κ1) is 14.5. The van der Waals surface area contributed by atoms with Gasteiger partial charge < -0.3 is 4.74 Å². The molecule has 1 atom stereocenters. The molecule has 0 N–H and O–H groups in total. The lowest BCUT2D eigenvalue weighted by Crippen LogP contribution is -2.32. The Bertz CT molecular complexity index is 599. The Balaban J connectivity index is 1.80. The summed E-state index contributed by atoms with van der Waals surface area (Å²) < 4.78 is 5.36. The van der Waals surface area contributed by atoms with E-state index >= 15 is 0 Å². The van der Waals surface area contributed by atoms with E-state index in [-0.39, 0.29) is 0 Å². The molecule has 3 rings (SSSR count). The molecule has 1 fully saturated rings. The van der Waals surface area contributed by atoms with Gasteiger partial charge in [-0.05, 0) is 44.0 Å². The molecular formula is C16H21N3OS. The predicted molar refractivity (Wildman–Crippen MR) is 84.6 cm³/mol. The molecule has 4 nitrogen and oxygen atoms in total. The van der Waals surface area contributed by atoms with Gasteiger partial charge in [-0.15, -0.1) is 21.5 Å². The van der Waals surface area contributed by atoms with Gasteiger partial charge in [0.2, 0.25) is 0 Å². The van der Waals surface area contributed by atoms with Crippen LogP contribution in [0.3, 0.4) is 0 Å². The van der Waals surface area contributed by atoms with E-state index in [2.05, 4.69) is 33.3 Å². The van der Waals surface area contributed by atoms with Gasteiger partial charge in [-0.2, -0.15) is 0 Å². The number of methoxy groups -OCH3 is 1. The number of aryl methyl sites for hydroxylation is 1. The Hall–Kier alpha value is -1.46. The Labute approximate surface area is 129 Å². The maximum absolute atomic E-state index is 5.36. The van der Waals surface area contributed by atoms with Crippen LogP contribution < -0.4 is 4.74 Å². The van der Waals surface area contributed by atoms with Crippen LogP contribution in [0.1, 0.15) is 40.9 Å². The topological polar surface area (TPSA) is 38.2 Å². The lowest BCUT2D eigenvalue weighted by molar-refractivity contribution is 0.140. The van der Waals surface area contributed by atoms with Crippen molar-refractivity contribution in [2.45, 2.75) is 38.8 Å². The zero-order valence-electron chi connectivity index (χ0n) is 12.6. The molecule has 1 aliphatic heterocycles. The van der Waals surface area contributed by atoms with Crippen LogP contribution in [0.25, 0.3) is 0 Å². The molecule has 21 heavy (non-hydrogen) atoms. The van der Waals surface area contributed by atoms with Crippen molar-refractivity contribution in [1.29, 1.82) is 0 Å². The third-order valence-corrected chi connectivity index (χ3v) is 4.82. The molecule has 0 saturated carbocycles. The van der Waals surface area contributed by atoms with Gasteiger partial charge >= 0.3 is 0 Å². The summed E-state index contributed by atoms with van der Waals surface area (Å²) in [6.45, 7) is 4.03. The molecule has 0 unspecified atom stereocenters. The molecule has 2 aromatic rings. The summed E-state index contributed by atoms with van der Waals surface area (Å²) in [7, 11) is 1.72. The van der Waals surface area contributed by atoms with Crippen molar-refractivity contribution in [2.24, 2.45) is 0 Å². The van der Waals surface area contributed by atoms with Crippen LogP contribution in [0, 0.1) is 6.92 Å².